The zero-order valence-electron chi connectivity index (χ0n) is 11.4. The number of sulfonamides is 1. The molecule has 1 aromatic heterocycles. The third-order valence-corrected chi connectivity index (χ3v) is 4.41. The van der Waals surface area contributed by atoms with Crippen LogP contribution in [0.15, 0.2) is 58.5 Å². The van der Waals surface area contributed by atoms with Gasteiger partial charge in [0.15, 0.2) is 0 Å². The number of hydrogen-bond donors (Lipinski definition) is 1. The number of pyridine rings is 1. The Kier molecular flexibility index (Phi) is 5.27. The summed E-state index contributed by atoms with van der Waals surface area (Å²) in [5.74, 6) is 0. The van der Waals surface area contributed by atoms with Crippen molar-refractivity contribution in [3.8, 4) is 0 Å². The largest absolute Gasteiger partial charge is 0.242 e. The Balaban J connectivity index is 2.09. The first-order chi connectivity index (χ1) is 9.96. The number of aromatic nitrogens is 1. The highest BCUT2D eigenvalue weighted by Gasteiger charge is 2.12. The highest BCUT2D eigenvalue weighted by molar-refractivity contribution is 9.10. The van der Waals surface area contributed by atoms with Crippen LogP contribution in [0, 0.1) is 0 Å². The van der Waals surface area contributed by atoms with Crippen LogP contribution < -0.4 is 4.72 Å². The molecule has 1 heterocycles. The van der Waals surface area contributed by atoms with E-state index in [9.17, 15) is 8.42 Å². The minimum Gasteiger partial charge on any atom is -0.242 e. The van der Waals surface area contributed by atoms with Crippen LogP contribution in [0.25, 0.3) is 6.08 Å². The Morgan fingerprint density at radius 3 is 2.52 bits per heavy atom. The standard InChI is InChI=1S/C15H15BrN2O2S/c1-12(13-6-3-2-4-7-13)18-21(19,20)11-10-14-8-5-9-15(16)17-14/h2-12,18H,1H3. The molecular formula is C15H15BrN2O2S. The van der Waals surface area contributed by atoms with Gasteiger partial charge in [-0.15, -0.1) is 0 Å². The Bertz CT molecular complexity index is 730. The van der Waals surface area contributed by atoms with E-state index in [1.54, 1.807) is 25.1 Å². The van der Waals surface area contributed by atoms with Gasteiger partial charge in [0.1, 0.15) is 4.60 Å². The van der Waals surface area contributed by atoms with Crippen molar-refractivity contribution >= 4 is 32.0 Å². The Labute approximate surface area is 133 Å². The molecule has 0 amide bonds. The molecule has 2 rings (SSSR count). The Morgan fingerprint density at radius 2 is 1.86 bits per heavy atom. The van der Waals surface area contributed by atoms with Gasteiger partial charge in [0.05, 0.1) is 5.69 Å². The minimum absolute atomic E-state index is 0.295. The molecule has 1 atom stereocenters. The van der Waals surface area contributed by atoms with Crippen LogP contribution in [0.5, 0.6) is 0 Å². The Hall–Kier alpha value is -1.50. The summed E-state index contributed by atoms with van der Waals surface area (Å²) in [6.45, 7) is 1.80. The van der Waals surface area contributed by atoms with Gasteiger partial charge in [-0.2, -0.15) is 0 Å². The second-order valence-electron chi connectivity index (χ2n) is 4.48. The van der Waals surface area contributed by atoms with Crippen LogP contribution >= 0.6 is 15.9 Å². The van der Waals surface area contributed by atoms with Crippen molar-refractivity contribution in [3.63, 3.8) is 0 Å². The van der Waals surface area contributed by atoms with Gasteiger partial charge < -0.3 is 0 Å². The topological polar surface area (TPSA) is 59.1 Å². The lowest BCUT2D eigenvalue weighted by molar-refractivity contribution is 0.576. The number of hydrogen-bond acceptors (Lipinski definition) is 3. The Morgan fingerprint density at radius 1 is 1.14 bits per heavy atom. The SMILES string of the molecule is CC(NS(=O)(=O)C=Cc1cccc(Br)n1)c1ccccc1. The molecule has 1 N–H and O–H groups in total. The van der Waals surface area contributed by atoms with Crippen molar-refractivity contribution in [2.45, 2.75) is 13.0 Å². The summed E-state index contributed by atoms with van der Waals surface area (Å²) < 4.78 is 27.3. The summed E-state index contributed by atoms with van der Waals surface area (Å²) in [7, 11) is -3.53. The van der Waals surface area contributed by atoms with E-state index in [4.69, 9.17) is 0 Å². The predicted molar refractivity (Wildman–Crippen MR) is 87.9 cm³/mol. The van der Waals surface area contributed by atoms with Gasteiger partial charge >= 0.3 is 0 Å². The summed E-state index contributed by atoms with van der Waals surface area (Å²) in [6, 6.07) is 14.4. The van der Waals surface area contributed by atoms with Crippen LogP contribution in [0.2, 0.25) is 0 Å². The van der Waals surface area contributed by atoms with Gasteiger partial charge in [-0.05, 0) is 46.6 Å². The van der Waals surface area contributed by atoms with E-state index >= 15 is 0 Å². The first-order valence-electron chi connectivity index (χ1n) is 6.34. The average Bonchev–Trinajstić information content (AvgIpc) is 2.46. The molecule has 0 aliphatic rings. The fourth-order valence-electron chi connectivity index (χ4n) is 1.77. The third-order valence-electron chi connectivity index (χ3n) is 2.80. The van der Waals surface area contributed by atoms with E-state index in [2.05, 4.69) is 25.6 Å². The third kappa shape index (κ3) is 5.08. The molecule has 110 valence electrons. The van der Waals surface area contributed by atoms with Gasteiger partial charge in [0, 0.05) is 11.4 Å². The molecule has 0 fully saturated rings. The predicted octanol–water partition coefficient (Wildman–Crippen LogP) is 3.50. The maximum atomic E-state index is 12.0. The van der Waals surface area contributed by atoms with Crippen LogP contribution in [-0.4, -0.2) is 13.4 Å². The summed E-state index contributed by atoms with van der Waals surface area (Å²) in [4.78, 5) is 4.15. The minimum atomic E-state index is -3.53. The molecule has 2 aromatic rings. The molecule has 1 aromatic carbocycles. The van der Waals surface area contributed by atoms with E-state index in [1.807, 2.05) is 30.3 Å². The number of benzene rings is 1. The first kappa shape index (κ1) is 15.9. The smallest absolute Gasteiger partial charge is 0.234 e. The number of halogens is 1. The van der Waals surface area contributed by atoms with Gasteiger partial charge in [0.2, 0.25) is 10.0 Å². The molecule has 0 aliphatic heterocycles. The van der Waals surface area contributed by atoms with E-state index in [1.165, 1.54) is 6.08 Å². The van der Waals surface area contributed by atoms with Crippen LogP contribution in [0.4, 0.5) is 0 Å². The lowest BCUT2D eigenvalue weighted by Gasteiger charge is -2.12. The number of nitrogens with one attached hydrogen (secondary N) is 1. The van der Waals surface area contributed by atoms with E-state index < -0.39 is 10.0 Å². The van der Waals surface area contributed by atoms with Crippen LogP contribution in [0.1, 0.15) is 24.2 Å². The van der Waals surface area contributed by atoms with Gasteiger partial charge in [-0.1, -0.05) is 36.4 Å². The van der Waals surface area contributed by atoms with Crippen molar-refractivity contribution in [1.29, 1.82) is 0 Å². The highest BCUT2D eigenvalue weighted by Crippen LogP contribution is 2.13. The normalized spacial score (nSPS) is 13.4. The number of nitrogens with zero attached hydrogens (tertiary/aromatic N) is 1. The monoisotopic (exact) mass is 366 g/mol. The first-order valence-corrected chi connectivity index (χ1v) is 8.68. The van der Waals surface area contributed by atoms with Crippen molar-refractivity contribution < 1.29 is 8.42 Å². The summed E-state index contributed by atoms with van der Waals surface area (Å²) in [6.07, 6.45) is 1.46. The quantitative estimate of drug-likeness (QED) is 0.823. The van der Waals surface area contributed by atoms with Crippen LogP contribution in [-0.2, 0) is 10.0 Å². The zero-order valence-corrected chi connectivity index (χ0v) is 13.8. The number of rotatable bonds is 5. The molecule has 0 spiro atoms. The molecule has 4 nitrogen and oxygen atoms in total. The average molecular weight is 367 g/mol. The van der Waals surface area contributed by atoms with E-state index in [-0.39, 0.29) is 6.04 Å². The molecule has 0 saturated heterocycles. The van der Waals surface area contributed by atoms with Gasteiger partial charge in [-0.3, -0.25) is 0 Å². The van der Waals surface area contributed by atoms with Crippen molar-refractivity contribution in [2.75, 3.05) is 0 Å². The van der Waals surface area contributed by atoms with Gasteiger partial charge in [0.25, 0.3) is 0 Å². The highest BCUT2D eigenvalue weighted by atomic mass is 79.9. The molecule has 0 radical (unpaired) electrons. The van der Waals surface area contributed by atoms with Crippen LogP contribution in [0.3, 0.4) is 0 Å². The fourth-order valence-corrected chi connectivity index (χ4v) is 3.15. The van der Waals surface area contributed by atoms with Crippen molar-refractivity contribution in [3.05, 3.63) is 69.8 Å². The van der Waals surface area contributed by atoms with Gasteiger partial charge in [-0.25, -0.2) is 18.1 Å². The van der Waals surface area contributed by atoms with Crippen molar-refractivity contribution in [1.82, 2.24) is 9.71 Å². The maximum absolute atomic E-state index is 12.0. The van der Waals surface area contributed by atoms with E-state index in [0.29, 0.717) is 10.3 Å². The summed E-state index contributed by atoms with van der Waals surface area (Å²) in [5, 5.41) is 1.13. The summed E-state index contributed by atoms with van der Waals surface area (Å²) in [5.41, 5.74) is 1.48. The molecular weight excluding hydrogens is 352 g/mol. The lowest BCUT2D eigenvalue weighted by atomic mass is 10.1. The maximum Gasteiger partial charge on any atom is 0.234 e. The summed E-state index contributed by atoms with van der Waals surface area (Å²) >= 11 is 3.24. The lowest BCUT2D eigenvalue weighted by Crippen LogP contribution is -2.24. The molecule has 1 unspecified atom stereocenters. The fraction of sp³-hybridized carbons (Fsp3) is 0.133. The molecule has 0 saturated carbocycles. The molecule has 0 bridgehead atoms. The second kappa shape index (κ2) is 6.98. The second-order valence-corrected chi connectivity index (χ2v) is 6.89. The molecule has 21 heavy (non-hydrogen) atoms. The molecule has 0 aliphatic carbocycles. The van der Waals surface area contributed by atoms with E-state index in [0.717, 1.165) is 11.0 Å². The molecule has 6 heteroatoms. The zero-order chi connectivity index (χ0) is 15.3. The van der Waals surface area contributed by atoms with Crippen molar-refractivity contribution in [2.24, 2.45) is 0 Å².